The van der Waals surface area contributed by atoms with Crippen molar-refractivity contribution in [1.29, 1.82) is 0 Å². The summed E-state index contributed by atoms with van der Waals surface area (Å²) in [7, 11) is 0. The standard InChI is InChI=1S/C23H34N6O2/c1-4-16-9-10-19(14(2)11-16)29-20(30)12-17-7-5-6-8-18(17)26-23(29)15(3)27-28-13-24-22(31)25-21(23)28/h13-14,16-19,26H,4-12H2,1-3H3. The molecule has 0 bridgehead atoms. The number of hydrogen-bond donors (Lipinski definition) is 1. The quantitative estimate of drug-likeness (QED) is 0.785. The maximum atomic E-state index is 14.0. The number of nitrogens with zero attached hydrogens (tertiary/aromatic N) is 5. The largest absolute Gasteiger partial charge is 0.370 e. The van der Waals surface area contributed by atoms with E-state index in [1.165, 1.54) is 19.2 Å². The van der Waals surface area contributed by atoms with Crippen LogP contribution in [-0.4, -0.2) is 43.2 Å². The van der Waals surface area contributed by atoms with Crippen LogP contribution in [0.5, 0.6) is 0 Å². The maximum Gasteiger partial charge on any atom is 0.370 e. The van der Waals surface area contributed by atoms with E-state index in [1.807, 2.05) is 6.92 Å². The Balaban J connectivity index is 1.65. The molecule has 2 aliphatic heterocycles. The first-order valence-electron chi connectivity index (χ1n) is 12.1. The lowest BCUT2D eigenvalue weighted by Crippen LogP contribution is -2.67. The molecule has 0 aromatic carbocycles. The van der Waals surface area contributed by atoms with Crippen molar-refractivity contribution in [3.8, 4) is 0 Å². The summed E-state index contributed by atoms with van der Waals surface area (Å²) >= 11 is 0. The van der Waals surface area contributed by atoms with E-state index in [2.05, 4.69) is 34.0 Å². The smallest absolute Gasteiger partial charge is 0.309 e. The fourth-order valence-corrected chi connectivity index (χ4v) is 6.67. The van der Waals surface area contributed by atoms with Gasteiger partial charge in [0.15, 0.2) is 11.5 Å². The molecule has 2 aliphatic carbocycles. The molecule has 168 valence electrons. The predicted molar refractivity (Wildman–Crippen MR) is 117 cm³/mol. The number of carbonyl (C=O) groups excluding carboxylic acids is 1. The van der Waals surface area contributed by atoms with Crippen LogP contribution in [0.1, 0.15) is 84.4 Å². The molecule has 1 spiro atoms. The monoisotopic (exact) mass is 426 g/mol. The Bertz CT molecular complexity index is 958. The van der Waals surface area contributed by atoms with Crippen LogP contribution in [0.4, 0.5) is 0 Å². The first-order valence-corrected chi connectivity index (χ1v) is 12.1. The van der Waals surface area contributed by atoms with Crippen molar-refractivity contribution in [2.24, 2.45) is 22.9 Å². The summed E-state index contributed by atoms with van der Waals surface area (Å²) in [5, 5.41) is 8.57. The van der Waals surface area contributed by atoms with Crippen LogP contribution in [0.3, 0.4) is 0 Å². The minimum atomic E-state index is -0.964. The number of fused-ring (bicyclic) bond motifs is 3. The van der Waals surface area contributed by atoms with Gasteiger partial charge < -0.3 is 4.90 Å². The highest BCUT2D eigenvalue weighted by atomic mass is 16.2. The van der Waals surface area contributed by atoms with E-state index in [-0.39, 0.29) is 18.0 Å². The Kier molecular flexibility index (Phi) is 5.23. The molecule has 3 heterocycles. The Hall–Kier alpha value is -2.09. The molecule has 2 saturated carbocycles. The van der Waals surface area contributed by atoms with Crippen molar-refractivity contribution in [3.05, 3.63) is 22.6 Å². The molecule has 1 aromatic heterocycles. The van der Waals surface area contributed by atoms with Crippen LogP contribution >= 0.6 is 0 Å². The Morgan fingerprint density at radius 3 is 2.77 bits per heavy atom. The topological polar surface area (TPSA) is 92.5 Å². The number of rotatable bonds is 2. The average Bonchev–Trinajstić information content (AvgIpc) is 2.93. The molecule has 1 saturated heterocycles. The van der Waals surface area contributed by atoms with Gasteiger partial charge in [0.1, 0.15) is 6.33 Å². The van der Waals surface area contributed by atoms with E-state index in [9.17, 15) is 9.59 Å². The molecule has 8 nitrogen and oxygen atoms in total. The molecule has 31 heavy (non-hydrogen) atoms. The molecule has 8 heteroatoms. The van der Waals surface area contributed by atoms with Crippen molar-refractivity contribution < 1.29 is 4.79 Å². The van der Waals surface area contributed by atoms with Gasteiger partial charge in [-0.3, -0.25) is 10.1 Å². The fraction of sp³-hybridized carbons (Fsp3) is 0.783. The van der Waals surface area contributed by atoms with Gasteiger partial charge in [-0.25, -0.2) is 9.47 Å². The lowest BCUT2D eigenvalue weighted by atomic mass is 9.76. The molecule has 1 aromatic rings. The highest BCUT2D eigenvalue weighted by Crippen LogP contribution is 2.44. The predicted octanol–water partition coefficient (Wildman–Crippen LogP) is 2.62. The van der Waals surface area contributed by atoms with Crippen LogP contribution in [-0.2, 0) is 10.5 Å². The highest BCUT2D eigenvalue weighted by molar-refractivity contribution is 5.97. The minimum absolute atomic E-state index is 0.102. The molecule has 3 fully saturated rings. The Morgan fingerprint density at radius 1 is 1.19 bits per heavy atom. The summed E-state index contributed by atoms with van der Waals surface area (Å²) in [6.45, 7) is 6.49. The molecule has 5 rings (SSSR count). The second-order valence-corrected chi connectivity index (χ2v) is 10.1. The lowest BCUT2D eigenvalue weighted by molar-refractivity contribution is -0.142. The SMILES string of the molecule is CCC1CCC(N2C(=O)CC3CCCCC3NC23C(C)=Nn2cnc(=O)nc23)C(C)C1. The molecule has 1 amide bonds. The summed E-state index contributed by atoms with van der Waals surface area (Å²) in [5.41, 5.74) is -0.720. The van der Waals surface area contributed by atoms with E-state index in [4.69, 9.17) is 5.10 Å². The zero-order chi connectivity index (χ0) is 21.8. The third-order valence-corrected chi connectivity index (χ3v) is 8.31. The van der Waals surface area contributed by atoms with E-state index < -0.39 is 11.4 Å². The van der Waals surface area contributed by atoms with Crippen molar-refractivity contribution in [1.82, 2.24) is 24.9 Å². The van der Waals surface area contributed by atoms with Crippen molar-refractivity contribution in [3.63, 3.8) is 0 Å². The van der Waals surface area contributed by atoms with Crippen LogP contribution in [0.15, 0.2) is 16.2 Å². The highest BCUT2D eigenvalue weighted by Gasteiger charge is 2.57. The number of amides is 1. The number of nitrogens with one attached hydrogen (secondary N) is 1. The maximum absolute atomic E-state index is 14.0. The first kappa shape index (κ1) is 20.8. The molecular weight excluding hydrogens is 392 g/mol. The Labute approximate surface area is 183 Å². The zero-order valence-corrected chi connectivity index (χ0v) is 18.9. The van der Waals surface area contributed by atoms with Gasteiger partial charge in [-0.05, 0) is 56.8 Å². The number of aromatic nitrogens is 3. The second kappa shape index (κ2) is 7.80. The van der Waals surface area contributed by atoms with E-state index in [1.54, 1.807) is 4.68 Å². The van der Waals surface area contributed by atoms with Gasteiger partial charge in [0, 0.05) is 18.5 Å². The lowest BCUT2D eigenvalue weighted by Gasteiger charge is -2.49. The van der Waals surface area contributed by atoms with Crippen LogP contribution in [0.2, 0.25) is 0 Å². The average molecular weight is 427 g/mol. The van der Waals surface area contributed by atoms with Gasteiger partial charge in [-0.15, -0.1) is 0 Å². The van der Waals surface area contributed by atoms with Gasteiger partial charge in [0.2, 0.25) is 5.91 Å². The molecule has 6 atom stereocenters. The van der Waals surface area contributed by atoms with Crippen molar-refractivity contribution >= 4 is 11.6 Å². The number of hydrogen-bond acceptors (Lipinski definition) is 6. The summed E-state index contributed by atoms with van der Waals surface area (Å²) < 4.78 is 1.59. The van der Waals surface area contributed by atoms with Crippen molar-refractivity contribution in [2.75, 3.05) is 0 Å². The van der Waals surface area contributed by atoms with Crippen LogP contribution in [0.25, 0.3) is 0 Å². The van der Waals surface area contributed by atoms with Gasteiger partial charge >= 0.3 is 5.69 Å². The molecule has 1 N–H and O–H groups in total. The van der Waals surface area contributed by atoms with Crippen LogP contribution < -0.4 is 11.0 Å². The van der Waals surface area contributed by atoms with Crippen molar-refractivity contribution in [2.45, 2.75) is 96.3 Å². The third-order valence-electron chi connectivity index (χ3n) is 8.31. The molecule has 4 aliphatic rings. The second-order valence-electron chi connectivity index (χ2n) is 10.1. The van der Waals surface area contributed by atoms with Crippen LogP contribution in [0, 0.1) is 17.8 Å². The normalized spacial score (nSPS) is 37.9. The fourth-order valence-electron chi connectivity index (χ4n) is 6.67. The Morgan fingerprint density at radius 2 is 2.00 bits per heavy atom. The first-order chi connectivity index (χ1) is 14.9. The van der Waals surface area contributed by atoms with E-state index in [0.717, 1.165) is 50.2 Å². The summed E-state index contributed by atoms with van der Waals surface area (Å²) in [6.07, 6.45) is 10.8. The summed E-state index contributed by atoms with van der Waals surface area (Å²) in [6, 6.07) is 0.316. The zero-order valence-electron chi connectivity index (χ0n) is 18.9. The third kappa shape index (κ3) is 3.25. The van der Waals surface area contributed by atoms with Gasteiger partial charge in [-0.1, -0.05) is 33.1 Å². The molecule has 6 unspecified atom stereocenters. The van der Waals surface area contributed by atoms with Gasteiger partial charge in [0.25, 0.3) is 0 Å². The minimum Gasteiger partial charge on any atom is -0.309 e. The number of carbonyl (C=O) groups is 1. The summed E-state index contributed by atoms with van der Waals surface area (Å²) in [5.74, 6) is 2.09. The van der Waals surface area contributed by atoms with Gasteiger partial charge in [0.05, 0.1) is 5.71 Å². The molecular formula is C23H34N6O2. The molecule has 0 radical (unpaired) electrons. The van der Waals surface area contributed by atoms with E-state index in [0.29, 0.717) is 24.1 Å². The van der Waals surface area contributed by atoms with E-state index >= 15 is 0 Å². The van der Waals surface area contributed by atoms with Gasteiger partial charge in [-0.2, -0.15) is 15.1 Å². The summed E-state index contributed by atoms with van der Waals surface area (Å²) in [4.78, 5) is 36.4.